The number of hydrogen-bond acceptors (Lipinski definition) is 3. The Morgan fingerprint density at radius 1 is 1.10 bits per heavy atom. The van der Waals surface area contributed by atoms with Gasteiger partial charge in [-0.05, 0) is 56.4 Å². The first-order valence-electron chi connectivity index (χ1n) is 11.6. The van der Waals surface area contributed by atoms with Crippen LogP contribution in [0.4, 0.5) is 14.9 Å². The lowest BCUT2D eigenvalue weighted by Crippen LogP contribution is -2.54. The molecule has 3 heterocycles. The molecule has 2 spiro atoms. The number of carbonyl (C=O) groups is 2. The molecule has 1 aromatic rings. The van der Waals surface area contributed by atoms with E-state index in [4.69, 9.17) is 0 Å². The highest BCUT2D eigenvalue weighted by molar-refractivity contribution is 5.89. The van der Waals surface area contributed by atoms with Crippen LogP contribution in [0.2, 0.25) is 0 Å². The van der Waals surface area contributed by atoms with Crippen LogP contribution in [0.15, 0.2) is 24.3 Å². The van der Waals surface area contributed by atoms with Gasteiger partial charge in [-0.3, -0.25) is 4.79 Å². The molecule has 3 aliphatic heterocycles. The van der Waals surface area contributed by atoms with Crippen molar-refractivity contribution in [3.8, 4) is 0 Å². The molecule has 0 saturated carbocycles. The molecule has 6 nitrogen and oxygen atoms in total. The third-order valence-corrected chi connectivity index (χ3v) is 7.65. The molecule has 0 radical (unpaired) electrons. The van der Waals surface area contributed by atoms with E-state index in [1.54, 1.807) is 12.1 Å². The van der Waals surface area contributed by atoms with Crippen molar-refractivity contribution in [3.63, 3.8) is 0 Å². The molecule has 0 aromatic heterocycles. The molecule has 1 aromatic carbocycles. The van der Waals surface area contributed by atoms with Gasteiger partial charge in [-0.2, -0.15) is 0 Å². The second-order valence-corrected chi connectivity index (χ2v) is 9.98. The van der Waals surface area contributed by atoms with Crippen LogP contribution >= 0.6 is 0 Å². The van der Waals surface area contributed by atoms with Crippen LogP contribution in [0.3, 0.4) is 0 Å². The molecule has 1 atom stereocenters. The van der Waals surface area contributed by atoms with Crippen LogP contribution in [-0.2, 0) is 4.79 Å². The zero-order chi connectivity index (χ0) is 22.2. The van der Waals surface area contributed by atoms with Crippen LogP contribution in [-0.4, -0.2) is 72.5 Å². The molecule has 3 amide bonds. The second kappa shape index (κ2) is 8.41. The van der Waals surface area contributed by atoms with Crippen molar-refractivity contribution in [3.05, 3.63) is 30.1 Å². The van der Waals surface area contributed by atoms with E-state index >= 15 is 0 Å². The minimum absolute atomic E-state index is 0.0600. The maximum Gasteiger partial charge on any atom is 0.321 e. The zero-order valence-electron chi connectivity index (χ0n) is 19.0. The Labute approximate surface area is 184 Å². The van der Waals surface area contributed by atoms with Gasteiger partial charge in [0.05, 0.1) is 5.41 Å². The summed E-state index contributed by atoms with van der Waals surface area (Å²) in [5.41, 5.74) is 0.226. The average Bonchev–Trinajstić information content (AvgIpc) is 3.21. The van der Waals surface area contributed by atoms with Gasteiger partial charge in [0.1, 0.15) is 5.82 Å². The summed E-state index contributed by atoms with van der Waals surface area (Å²) in [7, 11) is 0. The zero-order valence-corrected chi connectivity index (χ0v) is 19.0. The average molecular weight is 431 g/mol. The molecule has 0 unspecified atom stereocenters. The van der Waals surface area contributed by atoms with E-state index in [2.05, 4.69) is 31.0 Å². The maximum atomic E-state index is 13.5. The number of piperidine rings is 1. The van der Waals surface area contributed by atoms with Crippen LogP contribution < -0.4 is 5.32 Å². The number of nitrogens with zero attached hydrogens (tertiary/aromatic N) is 3. The molecular weight excluding hydrogens is 395 g/mol. The Hall–Kier alpha value is -2.15. The predicted molar refractivity (Wildman–Crippen MR) is 119 cm³/mol. The number of fused-ring (bicyclic) bond motifs is 1. The van der Waals surface area contributed by atoms with Crippen LogP contribution in [0, 0.1) is 22.6 Å². The van der Waals surface area contributed by atoms with E-state index in [0.29, 0.717) is 30.6 Å². The van der Waals surface area contributed by atoms with Gasteiger partial charge in [0.25, 0.3) is 0 Å². The van der Waals surface area contributed by atoms with Crippen molar-refractivity contribution in [2.45, 2.75) is 40.0 Å². The number of amides is 3. The largest absolute Gasteiger partial charge is 0.342 e. The molecule has 0 bridgehead atoms. The fraction of sp³-hybridized carbons (Fsp3) is 0.667. The molecule has 7 heteroatoms. The Morgan fingerprint density at radius 2 is 1.77 bits per heavy atom. The van der Waals surface area contributed by atoms with Gasteiger partial charge >= 0.3 is 6.03 Å². The lowest BCUT2D eigenvalue weighted by atomic mass is 9.60. The first kappa shape index (κ1) is 22.1. The predicted octanol–water partition coefficient (Wildman–Crippen LogP) is 3.65. The van der Waals surface area contributed by atoms with Crippen LogP contribution in [0.25, 0.3) is 0 Å². The van der Waals surface area contributed by atoms with Crippen molar-refractivity contribution in [1.82, 2.24) is 14.7 Å². The summed E-state index contributed by atoms with van der Waals surface area (Å²) in [6, 6.07) is 5.69. The number of benzene rings is 1. The molecule has 3 aliphatic rings. The lowest BCUT2D eigenvalue weighted by Gasteiger charge is -2.47. The SMILES string of the molecule is CCN1CC[C@@]2(CN(CC(C)C)CC23CCN(C(=O)Nc2ccc(F)cc2)CC3)C1=O. The molecule has 4 rings (SSSR count). The third kappa shape index (κ3) is 3.93. The van der Waals surface area contributed by atoms with Crippen molar-refractivity contribution in [1.29, 1.82) is 0 Å². The Balaban J connectivity index is 1.48. The minimum Gasteiger partial charge on any atom is -0.342 e. The van der Waals surface area contributed by atoms with Crippen LogP contribution in [0.5, 0.6) is 0 Å². The molecule has 3 fully saturated rings. The second-order valence-electron chi connectivity index (χ2n) is 9.98. The number of urea groups is 1. The Bertz CT molecular complexity index is 819. The van der Waals surface area contributed by atoms with Gasteiger partial charge in [0.15, 0.2) is 0 Å². The molecule has 170 valence electrons. The maximum absolute atomic E-state index is 13.5. The highest BCUT2D eigenvalue weighted by Gasteiger charge is 2.64. The summed E-state index contributed by atoms with van der Waals surface area (Å²) < 4.78 is 13.1. The first-order valence-corrected chi connectivity index (χ1v) is 11.6. The van der Waals surface area contributed by atoms with Crippen LogP contribution in [0.1, 0.15) is 40.0 Å². The molecule has 0 aliphatic carbocycles. The normalized spacial score (nSPS) is 25.9. The fourth-order valence-electron chi connectivity index (χ4n) is 6.12. The third-order valence-electron chi connectivity index (χ3n) is 7.65. The fourth-order valence-corrected chi connectivity index (χ4v) is 6.12. The number of nitrogens with one attached hydrogen (secondary N) is 1. The first-order chi connectivity index (χ1) is 14.8. The van der Waals surface area contributed by atoms with E-state index in [1.165, 1.54) is 12.1 Å². The summed E-state index contributed by atoms with van der Waals surface area (Å²) >= 11 is 0. The van der Waals surface area contributed by atoms with Crippen molar-refractivity contribution >= 4 is 17.6 Å². The van der Waals surface area contributed by atoms with Gasteiger partial charge in [-0.1, -0.05) is 13.8 Å². The van der Waals surface area contributed by atoms with E-state index < -0.39 is 0 Å². The number of anilines is 1. The summed E-state index contributed by atoms with van der Waals surface area (Å²) in [5.74, 6) is 0.566. The van der Waals surface area contributed by atoms with Gasteiger partial charge in [-0.15, -0.1) is 0 Å². The van der Waals surface area contributed by atoms with Gasteiger partial charge in [0.2, 0.25) is 5.91 Å². The van der Waals surface area contributed by atoms with Crippen molar-refractivity contribution in [2.24, 2.45) is 16.7 Å². The van der Waals surface area contributed by atoms with Gasteiger partial charge in [0, 0.05) is 56.9 Å². The Morgan fingerprint density at radius 3 is 2.35 bits per heavy atom. The molecular formula is C24H35FN4O2. The highest BCUT2D eigenvalue weighted by Crippen LogP contribution is 2.57. The number of rotatable bonds is 4. The summed E-state index contributed by atoms with van der Waals surface area (Å²) in [5, 5.41) is 2.87. The van der Waals surface area contributed by atoms with E-state index in [1.807, 2.05) is 9.80 Å². The monoisotopic (exact) mass is 430 g/mol. The van der Waals surface area contributed by atoms with Gasteiger partial charge in [-0.25, -0.2) is 9.18 Å². The van der Waals surface area contributed by atoms with E-state index in [0.717, 1.165) is 52.0 Å². The molecule has 31 heavy (non-hydrogen) atoms. The smallest absolute Gasteiger partial charge is 0.321 e. The number of halogens is 1. The standard InChI is InChI=1S/C24H35FN4O2/c1-4-28-14-11-24(21(28)30)17-27(15-18(2)3)16-23(24)9-12-29(13-10-23)22(31)26-20-7-5-19(25)6-8-20/h5-8,18H,4,9-17H2,1-3H3,(H,26,31)/t24-/m1/s1. The Kier molecular flexibility index (Phi) is 5.99. The number of carbonyl (C=O) groups excluding carboxylic acids is 2. The highest BCUT2D eigenvalue weighted by atomic mass is 19.1. The lowest BCUT2D eigenvalue weighted by molar-refractivity contribution is -0.141. The van der Waals surface area contributed by atoms with E-state index in [9.17, 15) is 14.0 Å². The topological polar surface area (TPSA) is 55.9 Å². The molecule has 3 saturated heterocycles. The molecule has 1 N–H and O–H groups in total. The number of hydrogen-bond donors (Lipinski definition) is 1. The van der Waals surface area contributed by atoms with Gasteiger partial charge < -0.3 is 20.0 Å². The quantitative estimate of drug-likeness (QED) is 0.793. The minimum atomic E-state index is -0.322. The summed E-state index contributed by atoms with van der Waals surface area (Å²) in [6.45, 7) is 12.2. The van der Waals surface area contributed by atoms with E-state index in [-0.39, 0.29) is 22.7 Å². The summed E-state index contributed by atoms with van der Waals surface area (Å²) in [4.78, 5) is 32.7. The number of likely N-dealkylation sites (tertiary alicyclic amines) is 3. The summed E-state index contributed by atoms with van der Waals surface area (Å²) in [6.07, 6.45) is 2.62. The van der Waals surface area contributed by atoms with Crippen molar-refractivity contribution in [2.75, 3.05) is 51.1 Å². The van der Waals surface area contributed by atoms with Crippen molar-refractivity contribution < 1.29 is 14.0 Å².